The van der Waals surface area contributed by atoms with Crippen molar-refractivity contribution >= 4 is 39.0 Å². The van der Waals surface area contributed by atoms with Gasteiger partial charge in [0, 0.05) is 4.47 Å². The molecule has 4 nitrogen and oxygen atoms in total. The lowest BCUT2D eigenvalue weighted by Gasteiger charge is -2.02. The van der Waals surface area contributed by atoms with Gasteiger partial charge in [0.25, 0.3) is 0 Å². The van der Waals surface area contributed by atoms with Gasteiger partial charge in [0.1, 0.15) is 11.5 Å². The van der Waals surface area contributed by atoms with Gasteiger partial charge in [-0.2, -0.15) is 0 Å². The van der Waals surface area contributed by atoms with E-state index in [2.05, 4.69) is 20.9 Å². The molecule has 0 aliphatic carbocycles. The van der Waals surface area contributed by atoms with Crippen LogP contribution in [-0.4, -0.2) is 22.0 Å². The maximum Gasteiger partial charge on any atom is 0.357 e. The van der Waals surface area contributed by atoms with Gasteiger partial charge in [-0.25, -0.2) is 9.78 Å². The van der Waals surface area contributed by atoms with Crippen LogP contribution in [0.1, 0.15) is 17.4 Å². The second kappa shape index (κ2) is 4.43. The highest BCUT2D eigenvalue weighted by Gasteiger charge is 2.12. The summed E-state index contributed by atoms with van der Waals surface area (Å²) in [6.07, 6.45) is 1.49. The maximum absolute atomic E-state index is 11.5. The lowest BCUT2D eigenvalue weighted by molar-refractivity contribution is 0.0519. The Labute approximate surface area is 105 Å². The summed E-state index contributed by atoms with van der Waals surface area (Å²) in [6, 6.07) is 3.38. The molecule has 0 fully saturated rings. The van der Waals surface area contributed by atoms with Crippen LogP contribution in [0, 0.1) is 0 Å². The van der Waals surface area contributed by atoms with Gasteiger partial charge in [-0.1, -0.05) is 11.6 Å². The fourth-order valence-electron chi connectivity index (χ4n) is 1.34. The van der Waals surface area contributed by atoms with Gasteiger partial charge in [-0.15, -0.1) is 0 Å². The SMILES string of the molecule is CCOC(=O)c1cc2c(Br)cc(Cl)n2cn1. The average molecular weight is 304 g/mol. The Bertz CT molecular complexity index is 553. The van der Waals surface area contributed by atoms with E-state index in [-0.39, 0.29) is 5.69 Å². The number of hydrogen-bond donors (Lipinski definition) is 0. The molecule has 0 radical (unpaired) electrons. The monoisotopic (exact) mass is 302 g/mol. The van der Waals surface area contributed by atoms with Gasteiger partial charge >= 0.3 is 5.97 Å². The van der Waals surface area contributed by atoms with E-state index in [0.717, 1.165) is 9.99 Å². The molecule has 0 bridgehead atoms. The number of halogens is 2. The van der Waals surface area contributed by atoms with Crippen LogP contribution in [0.3, 0.4) is 0 Å². The largest absolute Gasteiger partial charge is 0.461 e. The number of aromatic nitrogens is 2. The van der Waals surface area contributed by atoms with Crippen LogP contribution in [-0.2, 0) is 4.74 Å². The van der Waals surface area contributed by atoms with Crippen LogP contribution in [0.4, 0.5) is 0 Å². The Morgan fingerprint density at radius 3 is 3.06 bits per heavy atom. The third-order valence-electron chi connectivity index (χ3n) is 2.05. The normalized spacial score (nSPS) is 10.7. The molecule has 0 aromatic carbocycles. The summed E-state index contributed by atoms with van der Waals surface area (Å²) < 4.78 is 7.35. The van der Waals surface area contributed by atoms with Crippen molar-refractivity contribution in [2.45, 2.75) is 6.92 Å². The minimum absolute atomic E-state index is 0.268. The Kier molecular flexibility index (Phi) is 3.16. The van der Waals surface area contributed by atoms with E-state index in [1.165, 1.54) is 6.33 Å². The van der Waals surface area contributed by atoms with E-state index < -0.39 is 5.97 Å². The predicted molar refractivity (Wildman–Crippen MR) is 63.9 cm³/mol. The standard InChI is InChI=1S/C10H8BrClN2O2/c1-2-16-10(15)7-4-8-6(11)3-9(12)14(8)5-13-7/h3-5H,2H2,1H3. The highest BCUT2D eigenvalue weighted by molar-refractivity contribution is 9.10. The summed E-state index contributed by atoms with van der Waals surface area (Å²) in [5.74, 6) is -0.436. The first-order chi connectivity index (χ1) is 7.63. The molecular weight excluding hydrogens is 295 g/mol. The average Bonchev–Trinajstić information content (AvgIpc) is 2.55. The van der Waals surface area contributed by atoms with Crippen LogP contribution in [0.2, 0.25) is 5.15 Å². The Hall–Kier alpha value is -1.07. The molecule has 0 atom stereocenters. The number of rotatable bonds is 2. The number of carbonyl (C=O) groups is 1. The lowest BCUT2D eigenvalue weighted by atomic mass is 10.3. The first kappa shape index (κ1) is 11.4. The second-order valence-electron chi connectivity index (χ2n) is 3.06. The van der Waals surface area contributed by atoms with Crippen molar-refractivity contribution in [3.05, 3.63) is 33.8 Å². The zero-order valence-corrected chi connectivity index (χ0v) is 10.7. The molecule has 0 spiro atoms. The topological polar surface area (TPSA) is 43.6 Å². The van der Waals surface area contributed by atoms with Gasteiger partial charge in [0.15, 0.2) is 5.69 Å². The van der Waals surface area contributed by atoms with Crippen molar-refractivity contribution < 1.29 is 9.53 Å². The summed E-state index contributed by atoms with van der Waals surface area (Å²) in [7, 11) is 0. The summed E-state index contributed by atoms with van der Waals surface area (Å²) in [4.78, 5) is 15.4. The first-order valence-corrected chi connectivity index (χ1v) is 5.79. The molecule has 2 aromatic rings. The van der Waals surface area contributed by atoms with E-state index in [1.54, 1.807) is 23.5 Å². The zero-order valence-electron chi connectivity index (χ0n) is 8.41. The van der Waals surface area contributed by atoms with Crippen molar-refractivity contribution in [2.24, 2.45) is 0 Å². The zero-order chi connectivity index (χ0) is 11.7. The molecule has 0 aliphatic rings. The molecule has 0 saturated carbocycles. The molecule has 0 N–H and O–H groups in total. The van der Waals surface area contributed by atoms with Crippen LogP contribution < -0.4 is 0 Å². The van der Waals surface area contributed by atoms with Crippen molar-refractivity contribution in [1.82, 2.24) is 9.38 Å². The van der Waals surface area contributed by atoms with Crippen LogP contribution in [0.15, 0.2) is 22.9 Å². The number of ether oxygens (including phenoxy) is 1. The van der Waals surface area contributed by atoms with Crippen molar-refractivity contribution in [1.29, 1.82) is 0 Å². The number of nitrogens with zero attached hydrogens (tertiary/aromatic N) is 2. The summed E-state index contributed by atoms with van der Waals surface area (Å²) in [5.41, 5.74) is 1.05. The Balaban J connectivity index is 2.51. The van der Waals surface area contributed by atoms with Crippen LogP contribution in [0.25, 0.3) is 5.52 Å². The molecule has 0 unspecified atom stereocenters. The molecule has 6 heteroatoms. The fourth-order valence-corrected chi connectivity index (χ4v) is 2.24. The molecule has 0 amide bonds. The van der Waals surface area contributed by atoms with E-state index in [9.17, 15) is 4.79 Å². The molecule has 2 heterocycles. The number of carbonyl (C=O) groups excluding carboxylic acids is 1. The molecule has 16 heavy (non-hydrogen) atoms. The van der Waals surface area contributed by atoms with Crippen molar-refractivity contribution in [2.75, 3.05) is 6.61 Å². The van der Waals surface area contributed by atoms with Gasteiger partial charge in [-0.3, -0.25) is 4.40 Å². The minimum Gasteiger partial charge on any atom is -0.461 e. The first-order valence-electron chi connectivity index (χ1n) is 4.62. The van der Waals surface area contributed by atoms with Gasteiger partial charge < -0.3 is 4.74 Å². The molecule has 0 saturated heterocycles. The number of hydrogen-bond acceptors (Lipinski definition) is 3. The molecule has 84 valence electrons. The minimum atomic E-state index is -0.436. The van der Waals surface area contributed by atoms with Crippen LogP contribution in [0.5, 0.6) is 0 Å². The third-order valence-corrected chi connectivity index (χ3v) is 2.98. The Morgan fingerprint density at radius 1 is 1.62 bits per heavy atom. The lowest BCUT2D eigenvalue weighted by Crippen LogP contribution is -2.07. The molecule has 2 rings (SSSR count). The highest BCUT2D eigenvalue weighted by atomic mass is 79.9. The van der Waals surface area contributed by atoms with E-state index in [1.807, 2.05) is 0 Å². The summed E-state index contributed by atoms with van der Waals surface area (Å²) in [5, 5.41) is 0.532. The second-order valence-corrected chi connectivity index (χ2v) is 4.31. The van der Waals surface area contributed by atoms with Crippen molar-refractivity contribution in [3.63, 3.8) is 0 Å². The van der Waals surface area contributed by atoms with E-state index >= 15 is 0 Å². The van der Waals surface area contributed by atoms with Crippen LogP contribution >= 0.6 is 27.5 Å². The molecule has 0 aliphatic heterocycles. The van der Waals surface area contributed by atoms with Gasteiger partial charge in [-0.05, 0) is 35.0 Å². The van der Waals surface area contributed by atoms with Gasteiger partial charge in [0.05, 0.1) is 12.1 Å². The molecule has 2 aromatic heterocycles. The van der Waals surface area contributed by atoms with Gasteiger partial charge in [0.2, 0.25) is 0 Å². The summed E-state index contributed by atoms with van der Waals surface area (Å²) in [6.45, 7) is 2.08. The van der Waals surface area contributed by atoms with Crippen molar-refractivity contribution in [3.8, 4) is 0 Å². The number of esters is 1. The molecular formula is C10H8BrClN2O2. The smallest absolute Gasteiger partial charge is 0.357 e. The fraction of sp³-hybridized carbons (Fsp3) is 0.200. The Morgan fingerprint density at radius 2 is 2.38 bits per heavy atom. The van der Waals surface area contributed by atoms with E-state index in [0.29, 0.717) is 11.8 Å². The number of fused-ring (bicyclic) bond motifs is 1. The predicted octanol–water partition coefficient (Wildman–Crippen LogP) is 2.93. The summed E-state index contributed by atoms with van der Waals surface area (Å²) >= 11 is 9.30. The maximum atomic E-state index is 11.5. The third kappa shape index (κ3) is 1.92. The quantitative estimate of drug-likeness (QED) is 0.801. The highest BCUT2D eigenvalue weighted by Crippen LogP contribution is 2.25. The van der Waals surface area contributed by atoms with E-state index in [4.69, 9.17) is 16.3 Å².